The van der Waals surface area contributed by atoms with Crippen LogP contribution in [0, 0.1) is 11.3 Å². The van der Waals surface area contributed by atoms with Crippen LogP contribution < -0.4 is 9.80 Å². The minimum atomic E-state index is 0.459. The van der Waals surface area contributed by atoms with Crippen LogP contribution in [-0.4, -0.2) is 31.2 Å². The van der Waals surface area contributed by atoms with Crippen molar-refractivity contribution in [2.75, 3.05) is 36.0 Å². The molecule has 2 aromatic rings. The van der Waals surface area contributed by atoms with Gasteiger partial charge in [0.25, 0.3) is 0 Å². The summed E-state index contributed by atoms with van der Waals surface area (Å²) in [6, 6.07) is 13.8. The van der Waals surface area contributed by atoms with Crippen molar-refractivity contribution in [3.05, 3.63) is 53.3 Å². The molecule has 0 amide bonds. The van der Waals surface area contributed by atoms with Crippen LogP contribution in [0.25, 0.3) is 0 Å². The third-order valence-corrected chi connectivity index (χ3v) is 4.02. The number of hydrogen-bond donors (Lipinski definition) is 0. The Balaban J connectivity index is 1.71. The lowest BCUT2D eigenvalue weighted by Gasteiger charge is -2.37. The molecule has 2 heterocycles. The summed E-state index contributed by atoms with van der Waals surface area (Å²) in [5.41, 5.74) is 2.60. The molecule has 3 rings (SSSR count). The molecule has 0 atom stereocenters. The largest absolute Gasteiger partial charge is 0.368 e. The zero-order chi connectivity index (χ0) is 14.7. The SMILES string of the molecule is N#Cc1cc(N2CCN(c3ccccc3Cl)CC2)ccn1. The van der Waals surface area contributed by atoms with Crippen LogP contribution in [0.1, 0.15) is 5.69 Å². The fourth-order valence-electron chi connectivity index (χ4n) is 2.59. The maximum absolute atomic E-state index is 8.93. The second-order valence-electron chi connectivity index (χ2n) is 4.94. The van der Waals surface area contributed by atoms with Gasteiger partial charge in [-0.2, -0.15) is 5.26 Å². The summed E-state index contributed by atoms with van der Waals surface area (Å²) in [7, 11) is 0. The van der Waals surface area contributed by atoms with Crippen molar-refractivity contribution in [3.8, 4) is 6.07 Å². The summed E-state index contributed by atoms with van der Waals surface area (Å²) in [6.45, 7) is 3.63. The molecule has 0 aliphatic carbocycles. The van der Waals surface area contributed by atoms with Gasteiger partial charge in [-0.15, -0.1) is 0 Å². The third-order valence-electron chi connectivity index (χ3n) is 3.70. The fraction of sp³-hybridized carbons (Fsp3) is 0.250. The van der Waals surface area contributed by atoms with Crippen LogP contribution in [0.2, 0.25) is 5.02 Å². The van der Waals surface area contributed by atoms with E-state index >= 15 is 0 Å². The van der Waals surface area contributed by atoms with Gasteiger partial charge in [0, 0.05) is 38.1 Å². The number of anilines is 2. The molecule has 4 nitrogen and oxygen atoms in total. The summed E-state index contributed by atoms with van der Waals surface area (Å²) in [4.78, 5) is 8.58. The molecule has 1 aromatic carbocycles. The average Bonchev–Trinajstić information content (AvgIpc) is 2.56. The standard InChI is InChI=1S/C16H15ClN4/c17-15-3-1-2-4-16(15)21-9-7-20(8-10-21)14-5-6-19-13(11-14)12-18/h1-6,11H,7-10H2. The fourth-order valence-corrected chi connectivity index (χ4v) is 2.85. The lowest BCUT2D eigenvalue weighted by atomic mass is 10.2. The second-order valence-corrected chi connectivity index (χ2v) is 5.34. The van der Waals surface area contributed by atoms with Crippen LogP contribution in [0.3, 0.4) is 0 Å². The molecule has 21 heavy (non-hydrogen) atoms. The Morgan fingerprint density at radius 3 is 2.48 bits per heavy atom. The highest BCUT2D eigenvalue weighted by atomic mass is 35.5. The van der Waals surface area contributed by atoms with E-state index in [9.17, 15) is 0 Å². The summed E-state index contributed by atoms with van der Waals surface area (Å²) in [6.07, 6.45) is 1.69. The van der Waals surface area contributed by atoms with Crippen molar-refractivity contribution in [3.63, 3.8) is 0 Å². The Labute approximate surface area is 129 Å². The number of nitriles is 1. The lowest BCUT2D eigenvalue weighted by molar-refractivity contribution is 0.653. The van der Waals surface area contributed by atoms with Crippen LogP contribution in [0.4, 0.5) is 11.4 Å². The predicted octanol–water partition coefficient (Wildman–Crippen LogP) is 2.93. The first-order chi connectivity index (χ1) is 10.3. The Kier molecular flexibility index (Phi) is 3.94. The molecule has 1 aromatic heterocycles. The molecule has 1 aliphatic heterocycles. The van der Waals surface area contributed by atoms with E-state index in [1.807, 2.05) is 30.3 Å². The first-order valence-electron chi connectivity index (χ1n) is 6.88. The maximum Gasteiger partial charge on any atom is 0.142 e. The number of rotatable bonds is 2. The Bertz CT molecular complexity index is 672. The summed E-state index contributed by atoms with van der Waals surface area (Å²) >= 11 is 6.25. The van der Waals surface area contributed by atoms with Gasteiger partial charge in [-0.25, -0.2) is 4.98 Å². The number of halogens is 1. The van der Waals surface area contributed by atoms with Crippen LogP contribution in [-0.2, 0) is 0 Å². The van der Waals surface area contributed by atoms with E-state index in [0.29, 0.717) is 5.69 Å². The monoisotopic (exact) mass is 298 g/mol. The Hall–Kier alpha value is -2.25. The van der Waals surface area contributed by atoms with Crippen molar-refractivity contribution < 1.29 is 0 Å². The number of piperazine rings is 1. The highest BCUT2D eigenvalue weighted by molar-refractivity contribution is 6.33. The number of hydrogen-bond acceptors (Lipinski definition) is 4. The van der Waals surface area contributed by atoms with Crippen LogP contribution >= 0.6 is 11.6 Å². The van der Waals surface area contributed by atoms with Crippen molar-refractivity contribution in [2.45, 2.75) is 0 Å². The van der Waals surface area contributed by atoms with Crippen LogP contribution in [0.15, 0.2) is 42.6 Å². The molecule has 106 valence electrons. The van der Waals surface area contributed by atoms with Crippen molar-refractivity contribution >= 4 is 23.0 Å². The van der Waals surface area contributed by atoms with E-state index in [2.05, 4.69) is 26.9 Å². The van der Waals surface area contributed by atoms with E-state index in [4.69, 9.17) is 16.9 Å². The van der Waals surface area contributed by atoms with E-state index in [0.717, 1.165) is 42.6 Å². The Morgan fingerprint density at radius 2 is 1.76 bits per heavy atom. The molecule has 0 unspecified atom stereocenters. The molecule has 5 heteroatoms. The van der Waals surface area contributed by atoms with Gasteiger partial charge in [0.1, 0.15) is 11.8 Å². The lowest BCUT2D eigenvalue weighted by Crippen LogP contribution is -2.46. The maximum atomic E-state index is 8.93. The summed E-state index contributed by atoms with van der Waals surface area (Å²) in [5, 5.41) is 9.72. The molecular formula is C16H15ClN4. The predicted molar refractivity (Wildman–Crippen MR) is 84.8 cm³/mol. The quantitative estimate of drug-likeness (QED) is 0.855. The molecule has 0 saturated carbocycles. The van der Waals surface area contributed by atoms with Gasteiger partial charge < -0.3 is 9.80 Å². The molecule has 0 radical (unpaired) electrons. The zero-order valence-corrected chi connectivity index (χ0v) is 12.3. The minimum Gasteiger partial charge on any atom is -0.368 e. The third kappa shape index (κ3) is 2.93. The highest BCUT2D eigenvalue weighted by Gasteiger charge is 2.19. The minimum absolute atomic E-state index is 0.459. The van der Waals surface area contributed by atoms with E-state index < -0.39 is 0 Å². The van der Waals surface area contributed by atoms with Gasteiger partial charge in [0.05, 0.1) is 10.7 Å². The van der Waals surface area contributed by atoms with Gasteiger partial charge in [0.2, 0.25) is 0 Å². The van der Waals surface area contributed by atoms with Gasteiger partial charge in [-0.3, -0.25) is 0 Å². The van der Waals surface area contributed by atoms with Gasteiger partial charge in [-0.05, 0) is 24.3 Å². The number of nitrogens with zero attached hydrogens (tertiary/aromatic N) is 4. The van der Waals surface area contributed by atoms with Crippen LogP contribution in [0.5, 0.6) is 0 Å². The molecular weight excluding hydrogens is 284 g/mol. The molecule has 0 spiro atoms. The van der Waals surface area contributed by atoms with E-state index in [1.54, 1.807) is 6.20 Å². The van der Waals surface area contributed by atoms with Crippen molar-refractivity contribution in [1.82, 2.24) is 4.98 Å². The second kappa shape index (κ2) is 6.02. The molecule has 0 bridgehead atoms. The molecule has 1 saturated heterocycles. The van der Waals surface area contributed by atoms with E-state index in [1.165, 1.54) is 0 Å². The van der Waals surface area contributed by atoms with Gasteiger partial charge in [-0.1, -0.05) is 23.7 Å². The summed E-state index contributed by atoms with van der Waals surface area (Å²) in [5.74, 6) is 0. The van der Waals surface area contributed by atoms with Crippen molar-refractivity contribution in [2.24, 2.45) is 0 Å². The number of para-hydroxylation sites is 1. The molecule has 1 aliphatic rings. The smallest absolute Gasteiger partial charge is 0.142 e. The topological polar surface area (TPSA) is 43.2 Å². The summed E-state index contributed by atoms with van der Waals surface area (Å²) < 4.78 is 0. The highest BCUT2D eigenvalue weighted by Crippen LogP contribution is 2.27. The number of aromatic nitrogens is 1. The average molecular weight is 299 g/mol. The number of pyridine rings is 1. The normalized spacial score (nSPS) is 14.9. The van der Waals surface area contributed by atoms with Crippen molar-refractivity contribution in [1.29, 1.82) is 5.26 Å². The molecule has 1 fully saturated rings. The van der Waals surface area contributed by atoms with Gasteiger partial charge in [0.15, 0.2) is 0 Å². The number of benzene rings is 1. The van der Waals surface area contributed by atoms with Gasteiger partial charge >= 0.3 is 0 Å². The zero-order valence-electron chi connectivity index (χ0n) is 11.5. The van der Waals surface area contributed by atoms with E-state index in [-0.39, 0.29) is 0 Å². The Morgan fingerprint density at radius 1 is 1.05 bits per heavy atom. The molecule has 0 N–H and O–H groups in total. The first-order valence-corrected chi connectivity index (χ1v) is 7.26. The first kappa shape index (κ1) is 13.7.